The number of nitrogens with zero attached hydrogens (tertiary/aromatic N) is 2. The van der Waals surface area contributed by atoms with Gasteiger partial charge in [0.25, 0.3) is 5.91 Å². The predicted octanol–water partition coefficient (Wildman–Crippen LogP) is 3.55. The highest BCUT2D eigenvalue weighted by Gasteiger charge is 2.30. The van der Waals surface area contributed by atoms with Crippen LogP contribution in [0.15, 0.2) is 53.1 Å². The van der Waals surface area contributed by atoms with Gasteiger partial charge in [-0.05, 0) is 68.0 Å². The number of carbonyl (C=O) groups excluding carboxylic acids is 1. The summed E-state index contributed by atoms with van der Waals surface area (Å²) >= 11 is 1.15. The van der Waals surface area contributed by atoms with Gasteiger partial charge in [0.2, 0.25) is 0 Å². The van der Waals surface area contributed by atoms with Crippen LogP contribution in [0.4, 0.5) is 4.39 Å². The highest BCUT2D eigenvalue weighted by atomic mass is 32.2. The number of halogens is 1. The summed E-state index contributed by atoms with van der Waals surface area (Å²) in [4.78, 5) is 14.7. The average Bonchev–Trinajstić information content (AvgIpc) is 3.64. The monoisotopic (exact) mass is 487 g/mol. The van der Waals surface area contributed by atoms with Crippen molar-refractivity contribution in [2.75, 3.05) is 19.8 Å². The van der Waals surface area contributed by atoms with Gasteiger partial charge in [0.05, 0.1) is 17.2 Å². The number of aliphatic hydroxyl groups excluding tert-OH is 2. The van der Waals surface area contributed by atoms with Gasteiger partial charge in [-0.1, -0.05) is 30.5 Å². The number of benzene rings is 2. The number of thioether (sulfide) groups is 1. The number of hydrazone groups is 1. The molecule has 0 saturated heterocycles. The number of hydrogen-bond donors (Lipinski definition) is 3. The van der Waals surface area contributed by atoms with E-state index in [9.17, 15) is 14.3 Å². The fraction of sp³-hybridized carbons (Fsp3) is 0.360. The Balaban J connectivity index is 1.80. The van der Waals surface area contributed by atoms with Crippen molar-refractivity contribution in [3.63, 3.8) is 0 Å². The molecule has 0 unspecified atom stereocenters. The highest BCUT2D eigenvalue weighted by Crippen LogP contribution is 2.35. The quantitative estimate of drug-likeness (QED) is 0.205. The smallest absolute Gasteiger partial charge is 0.261 e. The van der Waals surface area contributed by atoms with Crippen LogP contribution in [0.5, 0.6) is 5.75 Å². The molecule has 0 aromatic heterocycles. The first-order valence-electron chi connectivity index (χ1n) is 11.0. The third-order valence-corrected chi connectivity index (χ3v) is 6.45. The number of amides is 1. The summed E-state index contributed by atoms with van der Waals surface area (Å²) in [5.41, 5.74) is 2.30. The van der Waals surface area contributed by atoms with Gasteiger partial charge in [-0.15, -0.1) is 0 Å². The molecule has 1 saturated carbocycles. The van der Waals surface area contributed by atoms with Gasteiger partial charge < -0.3 is 25.7 Å². The molecule has 9 heteroatoms. The summed E-state index contributed by atoms with van der Waals surface area (Å²) in [6.45, 7) is 7.82. The van der Waals surface area contributed by atoms with Crippen molar-refractivity contribution < 1.29 is 24.1 Å². The van der Waals surface area contributed by atoms with E-state index in [1.54, 1.807) is 12.1 Å². The third-order valence-electron chi connectivity index (χ3n) is 5.46. The molecule has 0 spiro atoms. The molecule has 1 aliphatic carbocycles. The van der Waals surface area contributed by atoms with Gasteiger partial charge in [0.1, 0.15) is 29.3 Å². The molecule has 2 aromatic carbocycles. The Kier molecular flexibility index (Phi) is 8.71. The molecule has 2 aromatic rings. The summed E-state index contributed by atoms with van der Waals surface area (Å²) in [5.74, 6) is 5.64. The number of hydrogen-bond acceptors (Lipinski definition) is 7. The molecule has 0 heterocycles. The zero-order valence-electron chi connectivity index (χ0n) is 19.3. The van der Waals surface area contributed by atoms with E-state index in [4.69, 9.17) is 15.7 Å². The molecule has 0 radical (unpaired) electrons. The molecule has 182 valence electrons. The van der Waals surface area contributed by atoms with E-state index < -0.39 is 17.8 Å². The van der Waals surface area contributed by atoms with Gasteiger partial charge in [-0.2, -0.15) is 5.10 Å². The molecule has 0 bridgehead atoms. The Labute approximate surface area is 203 Å². The third kappa shape index (κ3) is 6.37. The van der Waals surface area contributed by atoms with Gasteiger partial charge >= 0.3 is 0 Å². The molecule has 3 rings (SSSR count). The number of carbonyl (C=O) groups is 1. The van der Waals surface area contributed by atoms with Crippen LogP contribution in [0, 0.1) is 25.6 Å². The molecular weight excluding hydrogens is 457 g/mol. The fourth-order valence-electron chi connectivity index (χ4n) is 3.50. The minimum absolute atomic E-state index is 0.00519. The largest absolute Gasteiger partial charge is 0.490 e. The Bertz CT molecular complexity index is 1060. The molecule has 7 nitrogen and oxygen atoms in total. The molecule has 0 aliphatic heterocycles. The predicted molar refractivity (Wildman–Crippen MR) is 132 cm³/mol. The Morgan fingerprint density at radius 3 is 2.53 bits per heavy atom. The molecule has 1 aliphatic rings. The van der Waals surface area contributed by atoms with Crippen LogP contribution in [0.2, 0.25) is 0 Å². The van der Waals surface area contributed by atoms with Crippen LogP contribution in [0.25, 0.3) is 0 Å². The minimum atomic E-state index is -0.969. The van der Waals surface area contributed by atoms with Crippen LogP contribution in [-0.2, 0) is 0 Å². The number of aryl methyl sites for hydroxylation is 2. The minimum Gasteiger partial charge on any atom is -0.490 e. The van der Waals surface area contributed by atoms with Crippen LogP contribution >= 0.6 is 11.8 Å². The summed E-state index contributed by atoms with van der Waals surface area (Å²) in [6.07, 6.45) is 1.06. The summed E-state index contributed by atoms with van der Waals surface area (Å²) in [6, 6.07) is 9.57. The average molecular weight is 488 g/mol. The molecular formula is C25H30FN3O4S. The lowest BCUT2D eigenvalue weighted by molar-refractivity contribution is 0.0532. The molecule has 1 atom stereocenters. The molecule has 4 N–H and O–H groups in total. The van der Waals surface area contributed by atoms with Crippen LogP contribution < -0.4 is 10.6 Å². The van der Waals surface area contributed by atoms with Crippen LogP contribution in [0.3, 0.4) is 0 Å². The number of rotatable bonds is 10. The second-order valence-corrected chi connectivity index (χ2v) is 9.42. The second-order valence-electron chi connectivity index (χ2n) is 8.36. The maximum Gasteiger partial charge on any atom is 0.261 e. The van der Waals surface area contributed by atoms with Crippen molar-refractivity contribution in [1.29, 1.82) is 0 Å². The number of ether oxygens (including phenoxy) is 1. The molecule has 34 heavy (non-hydrogen) atoms. The SMILES string of the molecule is C=C(S/C(=N\N)c1cc(C)c(OC[C@H](O)CO)c(C)c1)N(CC1CC1)C(=O)c1ccccc1F. The van der Waals surface area contributed by atoms with Crippen LogP contribution in [0.1, 0.15) is 39.9 Å². The van der Waals surface area contributed by atoms with Crippen LogP contribution in [-0.4, -0.2) is 51.9 Å². The van der Waals surface area contributed by atoms with E-state index in [2.05, 4.69) is 11.7 Å². The van der Waals surface area contributed by atoms with E-state index in [0.29, 0.717) is 33.8 Å². The number of nitrogens with two attached hydrogens (primary N) is 1. The van der Waals surface area contributed by atoms with E-state index in [1.165, 1.54) is 17.0 Å². The van der Waals surface area contributed by atoms with E-state index in [-0.39, 0.29) is 18.8 Å². The standard InChI is InChI=1S/C25H30FN3O4S/c1-15-10-19(11-16(2)23(15)33-14-20(31)13-30)24(28-27)34-17(3)29(12-18-8-9-18)25(32)21-6-4-5-7-22(21)26/h4-7,10-11,18,20,30-31H,3,8-9,12-14,27H2,1-2H3/b28-24-/t20-/m1/s1. The van der Waals surface area contributed by atoms with Crippen molar-refractivity contribution in [1.82, 2.24) is 4.90 Å². The first-order chi connectivity index (χ1) is 16.2. The summed E-state index contributed by atoms with van der Waals surface area (Å²) < 4.78 is 20.0. The Morgan fingerprint density at radius 1 is 1.32 bits per heavy atom. The Morgan fingerprint density at radius 2 is 1.97 bits per heavy atom. The van der Waals surface area contributed by atoms with E-state index >= 15 is 0 Å². The molecule has 1 amide bonds. The van der Waals surface area contributed by atoms with Crippen molar-refractivity contribution >= 4 is 22.7 Å². The summed E-state index contributed by atoms with van der Waals surface area (Å²) in [5, 5.41) is 23.3. The topological polar surface area (TPSA) is 108 Å². The fourth-order valence-corrected chi connectivity index (χ4v) is 4.28. The van der Waals surface area contributed by atoms with Gasteiger partial charge in [0.15, 0.2) is 0 Å². The lowest BCUT2D eigenvalue weighted by Crippen LogP contribution is -2.32. The van der Waals surface area contributed by atoms with E-state index in [0.717, 1.165) is 35.7 Å². The van der Waals surface area contributed by atoms with Crippen molar-refractivity contribution in [2.24, 2.45) is 16.9 Å². The first-order valence-corrected chi connectivity index (χ1v) is 11.8. The molecule has 1 fully saturated rings. The maximum absolute atomic E-state index is 14.3. The summed E-state index contributed by atoms with van der Waals surface area (Å²) in [7, 11) is 0. The van der Waals surface area contributed by atoms with Gasteiger partial charge in [0, 0.05) is 12.1 Å². The number of aliphatic hydroxyl groups is 2. The Hall–Kier alpha value is -2.88. The van der Waals surface area contributed by atoms with Gasteiger partial charge in [-0.3, -0.25) is 4.79 Å². The van der Waals surface area contributed by atoms with Crippen molar-refractivity contribution in [3.05, 3.63) is 76.1 Å². The lowest BCUT2D eigenvalue weighted by atomic mass is 10.1. The lowest BCUT2D eigenvalue weighted by Gasteiger charge is -2.25. The zero-order chi connectivity index (χ0) is 24.8. The second kappa shape index (κ2) is 11.5. The van der Waals surface area contributed by atoms with Gasteiger partial charge in [-0.25, -0.2) is 4.39 Å². The highest BCUT2D eigenvalue weighted by molar-refractivity contribution is 8.17. The van der Waals surface area contributed by atoms with Crippen molar-refractivity contribution in [3.8, 4) is 5.75 Å². The van der Waals surface area contributed by atoms with E-state index in [1.807, 2.05) is 26.0 Å². The first kappa shape index (κ1) is 25.7. The maximum atomic E-state index is 14.3. The zero-order valence-corrected chi connectivity index (χ0v) is 20.1. The van der Waals surface area contributed by atoms with Crippen molar-refractivity contribution in [2.45, 2.75) is 32.8 Å². The normalized spacial score (nSPS) is 14.6.